The second kappa shape index (κ2) is 7.34. The van der Waals surface area contributed by atoms with Crippen molar-refractivity contribution < 1.29 is 4.79 Å². The normalized spacial score (nSPS) is 15.4. The van der Waals surface area contributed by atoms with Crippen molar-refractivity contribution in [1.82, 2.24) is 19.8 Å². The van der Waals surface area contributed by atoms with Gasteiger partial charge in [0.05, 0.1) is 6.04 Å². The summed E-state index contributed by atoms with van der Waals surface area (Å²) in [5.74, 6) is 1.43. The van der Waals surface area contributed by atoms with E-state index in [9.17, 15) is 4.79 Å². The number of benzene rings is 1. The molecule has 126 valence electrons. The first-order chi connectivity index (χ1) is 11.6. The van der Waals surface area contributed by atoms with Crippen LogP contribution in [0.5, 0.6) is 0 Å². The summed E-state index contributed by atoms with van der Waals surface area (Å²) < 4.78 is 1.98. The van der Waals surface area contributed by atoms with Crippen LogP contribution < -0.4 is 5.32 Å². The molecule has 1 fully saturated rings. The summed E-state index contributed by atoms with van der Waals surface area (Å²) in [6, 6.07) is 10.0. The average Bonchev–Trinajstić information content (AvgIpc) is 3.35. The van der Waals surface area contributed by atoms with Crippen molar-refractivity contribution in [1.29, 1.82) is 0 Å². The van der Waals surface area contributed by atoms with Gasteiger partial charge >= 0.3 is 6.03 Å². The Balaban J connectivity index is 1.57. The van der Waals surface area contributed by atoms with Crippen molar-refractivity contribution in [2.75, 3.05) is 13.6 Å². The van der Waals surface area contributed by atoms with Crippen LogP contribution in [0.1, 0.15) is 30.3 Å². The second-order valence-corrected chi connectivity index (χ2v) is 6.35. The Bertz CT molecular complexity index is 703. The number of hydrogen-bond donors (Lipinski definition) is 1. The van der Waals surface area contributed by atoms with E-state index in [-0.39, 0.29) is 12.1 Å². The minimum atomic E-state index is -0.0624. The molecule has 1 aliphatic carbocycles. The average molecular weight is 324 g/mol. The van der Waals surface area contributed by atoms with E-state index in [0.717, 1.165) is 24.2 Å². The predicted molar refractivity (Wildman–Crippen MR) is 95.3 cm³/mol. The van der Waals surface area contributed by atoms with E-state index in [1.54, 1.807) is 11.1 Å². The lowest BCUT2D eigenvalue weighted by molar-refractivity contribution is 0.206. The third-order valence-corrected chi connectivity index (χ3v) is 4.34. The van der Waals surface area contributed by atoms with E-state index >= 15 is 0 Å². The molecule has 1 saturated carbocycles. The number of carbonyl (C=O) groups excluding carboxylic acids is 1. The first-order valence-corrected chi connectivity index (χ1v) is 8.35. The molecular weight excluding hydrogens is 300 g/mol. The maximum atomic E-state index is 12.5. The predicted octanol–water partition coefficient (Wildman–Crippen LogP) is 3.23. The molecule has 5 heteroatoms. The van der Waals surface area contributed by atoms with Gasteiger partial charge in [0.1, 0.15) is 5.82 Å². The molecule has 0 aliphatic heterocycles. The molecule has 24 heavy (non-hydrogen) atoms. The molecule has 0 spiro atoms. The summed E-state index contributed by atoms with van der Waals surface area (Å²) in [5.41, 5.74) is 1.13. The fourth-order valence-electron chi connectivity index (χ4n) is 2.74. The molecule has 1 heterocycles. The molecule has 5 nitrogen and oxygen atoms in total. The maximum absolute atomic E-state index is 12.5. The van der Waals surface area contributed by atoms with Crippen molar-refractivity contribution >= 4 is 12.1 Å². The van der Waals surface area contributed by atoms with Gasteiger partial charge in [-0.15, -0.1) is 0 Å². The number of nitrogens with one attached hydrogen (secondary N) is 1. The van der Waals surface area contributed by atoms with Crippen LogP contribution in [-0.4, -0.2) is 34.1 Å². The van der Waals surface area contributed by atoms with Crippen molar-refractivity contribution in [2.45, 2.75) is 18.9 Å². The van der Waals surface area contributed by atoms with Gasteiger partial charge in [0.25, 0.3) is 0 Å². The quantitative estimate of drug-likeness (QED) is 0.887. The van der Waals surface area contributed by atoms with E-state index in [2.05, 4.69) is 10.3 Å². The van der Waals surface area contributed by atoms with Crippen molar-refractivity contribution in [3.63, 3.8) is 0 Å². The SMILES string of the molecule is CN(C/C=C/c1ccccc1)C(=O)N[C@@H](c1nccn1C)C1CC1. The topological polar surface area (TPSA) is 50.2 Å². The first kappa shape index (κ1) is 16.3. The highest BCUT2D eigenvalue weighted by Gasteiger charge is 2.36. The number of urea groups is 1. The Morgan fingerprint density at radius 1 is 1.42 bits per heavy atom. The molecule has 1 atom stereocenters. The number of likely N-dealkylation sites (N-methyl/N-ethyl adjacent to an activating group) is 1. The number of amides is 2. The van der Waals surface area contributed by atoms with Crippen LogP contribution in [0.3, 0.4) is 0 Å². The zero-order chi connectivity index (χ0) is 16.9. The van der Waals surface area contributed by atoms with Gasteiger partial charge in [-0.2, -0.15) is 0 Å². The van der Waals surface area contributed by atoms with Gasteiger partial charge in [-0.3, -0.25) is 0 Å². The Labute approximate surface area is 143 Å². The third-order valence-electron chi connectivity index (χ3n) is 4.34. The van der Waals surface area contributed by atoms with E-state index < -0.39 is 0 Å². The minimum absolute atomic E-state index is 0.00180. The molecule has 2 aromatic rings. The number of nitrogens with zero attached hydrogens (tertiary/aromatic N) is 3. The van der Waals surface area contributed by atoms with Crippen LogP contribution in [0, 0.1) is 5.92 Å². The number of hydrogen-bond acceptors (Lipinski definition) is 2. The number of rotatable bonds is 6. The fourth-order valence-corrected chi connectivity index (χ4v) is 2.74. The summed E-state index contributed by atoms with van der Waals surface area (Å²) in [6.45, 7) is 0.568. The van der Waals surface area contributed by atoms with Gasteiger partial charge in [0.15, 0.2) is 0 Å². The van der Waals surface area contributed by atoms with Gasteiger partial charge in [-0.05, 0) is 24.3 Å². The van der Waals surface area contributed by atoms with Crippen LogP contribution in [0.25, 0.3) is 6.08 Å². The molecule has 1 N–H and O–H groups in total. The van der Waals surface area contributed by atoms with Crippen LogP contribution in [-0.2, 0) is 7.05 Å². The van der Waals surface area contributed by atoms with Gasteiger partial charge in [0.2, 0.25) is 0 Å². The van der Waals surface area contributed by atoms with E-state index in [4.69, 9.17) is 0 Å². The van der Waals surface area contributed by atoms with E-state index in [1.165, 1.54) is 0 Å². The molecule has 0 radical (unpaired) electrons. The zero-order valence-electron chi connectivity index (χ0n) is 14.2. The Kier molecular flexibility index (Phi) is 4.99. The minimum Gasteiger partial charge on any atom is -0.336 e. The summed E-state index contributed by atoms with van der Waals surface area (Å²) in [7, 11) is 3.78. The molecule has 1 aromatic heterocycles. The number of aryl methyl sites for hydroxylation is 1. The Morgan fingerprint density at radius 2 is 2.17 bits per heavy atom. The Hall–Kier alpha value is -2.56. The second-order valence-electron chi connectivity index (χ2n) is 6.35. The number of carbonyl (C=O) groups is 1. The maximum Gasteiger partial charge on any atom is 0.318 e. The highest BCUT2D eigenvalue weighted by Crippen LogP contribution is 2.40. The van der Waals surface area contributed by atoms with Gasteiger partial charge in [-0.25, -0.2) is 9.78 Å². The van der Waals surface area contributed by atoms with E-state index in [0.29, 0.717) is 12.5 Å². The molecular formula is C19H24N4O. The molecule has 2 amide bonds. The molecule has 3 rings (SSSR count). The van der Waals surface area contributed by atoms with E-state index in [1.807, 2.05) is 67.3 Å². The Morgan fingerprint density at radius 3 is 2.79 bits per heavy atom. The lowest BCUT2D eigenvalue weighted by atomic mass is 10.1. The van der Waals surface area contributed by atoms with Gasteiger partial charge in [-0.1, -0.05) is 42.5 Å². The number of aromatic nitrogens is 2. The van der Waals surface area contributed by atoms with Crippen LogP contribution >= 0.6 is 0 Å². The molecule has 1 aliphatic rings. The smallest absolute Gasteiger partial charge is 0.318 e. The van der Waals surface area contributed by atoms with Crippen LogP contribution in [0.4, 0.5) is 4.79 Å². The summed E-state index contributed by atoms with van der Waals surface area (Å²) in [5, 5.41) is 3.14. The molecule has 0 bridgehead atoms. The summed E-state index contributed by atoms with van der Waals surface area (Å²) in [4.78, 5) is 18.6. The fraction of sp³-hybridized carbons (Fsp3) is 0.368. The highest BCUT2D eigenvalue weighted by atomic mass is 16.2. The van der Waals surface area contributed by atoms with Crippen molar-refractivity contribution in [3.05, 3.63) is 60.2 Å². The van der Waals surface area contributed by atoms with Crippen LogP contribution in [0.15, 0.2) is 48.8 Å². The first-order valence-electron chi connectivity index (χ1n) is 8.35. The third kappa shape index (κ3) is 4.04. The largest absolute Gasteiger partial charge is 0.336 e. The lowest BCUT2D eigenvalue weighted by Crippen LogP contribution is -2.40. The molecule has 0 unspecified atom stereocenters. The highest BCUT2D eigenvalue weighted by molar-refractivity contribution is 5.74. The summed E-state index contributed by atoms with van der Waals surface area (Å²) >= 11 is 0. The van der Waals surface area contributed by atoms with Crippen molar-refractivity contribution in [2.24, 2.45) is 13.0 Å². The standard InChI is InChI=1S/C19H24N4O/c1-22-14-12-20-18(22)17(16-10-11-16)21-19(24)23(2)13-6-9-15-7-4-3-5-8-15/h3-9,12,14,16-17H,10-11,13H2,1-2H3,(H,21,24)/b9-6+/t17-/m1/s1. The molecule has 1 aromatic carbocycles. The zero-order valence-corrected chi connectivity index (χ0v) is 14.2. The van der Waals surface area contributed by atoms with Crippen LogP contribution in [0.2, 0.25) is 0 Å². The number of imidazole rings is 1. The van der Waals surface area contributed by atoms with Gasteiger partial charge < -0.3 is 14.8 Å². The molecule has 0 saturated heterocycles. The van der Waals surface area contributed by atoms with Gasteiger partial charge in [0, 0.05) is 33.0 Å². The van der Waals surface area contributed by atoms with Crippen molar-refractivity contribution in [3.8, 4) is 0 Å². The lowest BCUT2D eigenvalue weighted by Gasteiger charge is -2.22. The monoisotopic (exact) mass is 324 g/mol. The summed E-state index contributed by atoms with van der Waals surface area (Å²) in [6.07, 6.45) is 10.0.